The minimum Gasteiger partial charge on any atom is -0.494 e. The number of nitrogens with zero attached hydrogens (tertiary/aromatic N) is 3. The minimum atomic E-state index is -0.0162. The molecule has 0 aliphatic heterocycles. The van der Waals surface area contributed by atoms with Crippen molar-refractivity contribution in [1.82, 2.24) is 14.5 Å². The molecule has 0 saturated heterocycles. The van der Waals surface area contributed by atoms with Gasteiger partial charge in [0.05, 0.1) is 23.2 Å². The van der Waals surface area contributed by atoms with Gasteiger partial charge in [-0.1, -0.05) is 23.9 Å². The molecule has 154 valence electrons. The van der Waals surface area contributed by atoms with Crippen LogP contribution in [-0.2, 0) is 12.3 Å². The van der Waals surface area contributed by atoms with Crippen LogP contribution in [0.15, 0.2) is 62.9 Å². The van der Waals surface area contributed by atoms with Crippen LogP contribution in [0.4, 0.5) is 0 Å². The number of aromatic nitrogens is 3. The van der Waals surface area contributed by atoms with Gasteiger partial charge in [-0.3, -0.25) is 9.36 Å². The molecule has 0 radical (unpaired) electrons. The normalized spacial score (nSPS) is 11.2. The minimum absolute atomic E-state index is 0.0162. The van der Waals surface area contributed by atoms with Crippen molar-refractivity contribution in [1.29, 1.82) is 0 Å². The Kier molecular flexibility index (Phi) is 5.90. The van der Waals surface area contributed by atoms with Crippen molar-refractivity contribution in [2.75, 3.05) is 6.61 Å². The molecule has 0 aliphatic carbocycles. The van der Waals surface area contributed by atoms with Gasteiger partial charge in [0.25, 0.3) is 5.56 Å². The number of ether oxygens (including phenoxy) is 1. The lowest BCUT2D eigenvalue weighted by molar-refractivity contribution is 0.340. The lowest BCUT2D eigenvalue weighted by Gasteiger charge is -2.10. The van der Waals surface area contributed by atoms with Crippen molar-refractivity contribution in [3.63, 3.8) is 0 Å². The summed E-state index contributed by atoms with van der Waals surface area (Å²) in [6, 6.07) is 15.1. The highest BCUT2D eigenvalue weighted by atomic mass is 32.2. The van der Waals surface area contributed by atoms with Crippen LogP contribution in [-0.4, -0.2) is 21.1 Å². The molecular formula is C23H23N3O3S. The second-order valence-corrected chi connectivity index (χ2v) is 7.67. The summed E-state index contributed by atoms with van der Waals surface area (Å²) in [6.45, 7) is 7.01. The highest BCUT2D eigenvalue weighted by Gasteiger charge is 2.15. The molecule has 2 aromatic heterocycles. The van der Waals surface area contributed by atoms with E-state index in [1.54, 1.807) is 4.57 Å². The van der Waals surface area contributed by atoms with Crippen molar-refractivity contribution in [2.24, 2.45) is 0 Å². The van der Waals surface area contributed by atoms with Crippen molar-refractivity contribution in [2.45, 2.75) is 38.2 Å². The first-order valence-corrected chi connectivity index (χ1v) is 10.9. The van der Waals surface area contributed by atoms with Crippen LogP contribution < -0.4 is 10.3 Å². The quantitative estimate of drug-likeness (QED) is 0.306. The number of thioether (sulfide) groups is 1. The fraction of sp³-hybridized carbons (Fsp3) is 0.261. The van der Waals surface area contributed by atoms with Crippen LogP contribution in [0.5, 0.6) is 5.75 Å². The van der Waals surface area contributed by atoms with E-state index in [4.69, 9.17) is 14.1 Å². The van der Waals surface area contributed by atoms with Gasteiger partial charge < -0.3 is 9.15 Å². The average Bonchev–Trinajstić information content (AvgIpc) is 3.13. The Morgan fingerprint density at radius 3 is 2.57 bits per heavy atom. The molecule has 0 atom stereocenters. The highest BCUT2D eigenvalue weighted by molar-refractivity contribution is 7.98. The van der Waals surface area contributed by atoms with Crippen LogP contribution in [0.3, 0.4) is 0 Å². The third-order valence-corrected chi connectivity index (χ3v) is 5.77. The summed E-state index contributed by atoms with van der Waals surface area (Å²) in [6.07, 6.45) is 0. The van der Waals surface area contributed by atoms with E-state index in [-0.39, 0.29) is 5.56 Å². The summed E-state index contributed by atoms with van der Waals surface area (Å²) in [7, 11) is 0. The Morgan fingerprint density at radius 1 is 1.07 bits per heavy atom. The average molecular weight is 422 g/mol. The smallest absolute Gasteiger partial charge is 0.262 e. The van der Waals surface area contributed by atoms with Gasteiger partial charge in [-0.25, -0.2) is 9.97 Å². The summed E-state index contributed by atoms with van der Waals surface area (Å²) in [5, 5.41) is 1.32. The predicted octanol–water partition coefficient (Wildman–Crippen LogP) is 5.07. The maximum Gasteiger partial charge on any atom is 0.262 e. The monoisotopic (exact) mass is 421 g/mol. The summed E-state index contributed by atoms with van der Waals surface area (Å²) >= 11 is 1.49. The maximum atomic E-state index is 12.8. The molecule has 7 heteroatoms. The van der Waals surface area contributed by atoms with Crippen molar-refractivity contribution < 1.29 is 9.15 Å². The third kappa shape index (κ3) is 3.98. The van der Waals surface area contributed by atoms with Crippen LogP contribution >= 0.6 is 11.8 Å². The Morgan fingerprint density at radius 2 is 1.83 bits per heavy atom. The van der Waals surface area contributed by atoms with Crippen molar-refractivity contribution in [3.05, 3.63) is 70.3 Å². The van der Waals surface area contributed by atoms with Gasteiger partial charge in [-0.15, -0.1) is 0 Å². The number of oxazole rings is 1. The number of hydrogen-bond acceptors (Lipinski definition) is 6. The fourth-order valence-electron chi connectivity index (χ4n) is 3.22. The first-order valence-electron chi connectivity index (χ1n) is 9.92. The highest BCUT2D eigenvalue weighted by Crippen LogP contribution is 2.28. The van der Waals surface area contributed by atoms with E-state index in [0.29, 0.717) is 40.9 Å². The van der Waals surface area contributed by atoms with Gasteiger partial charge in [0.15, 0.2) is 5.16 Å². The number of hydrogen-bond donors (Lipinski definition) is 0. The Bertz CT molecular complexity index is 1230. The number of rotatable bonds is 7. The Balaban J connectivity index is 1.58. The topological polar surface area (TPSA) is 70.2 Å². The molecule has 0 aliphatic rings. The summed E-state index contributed by atoms with van der Waals surface area (Å²) in [5.74, 6) is 2.72. The largest absolute Gasteiger partial charge is 0.494 e. The molecule has 6 nitrogen and oxygen atoms in total. The number of fused-ring (bicyclic) bond motifs is 1. The maximum absolute atomic E-state index is 12.8. The second-order valence-electron chi connectivity index (χ2n) is 6.73. The molecule has 2 heterocycles. The zero-order valence-electron chi connectivity index (χ0n) is 17.2. The molecular weight excluding hydrogens is 398 g/mol. The predicted molar refractivity (Wildman–Crippen MR) is 119 cm³/mol. The van der Waals surface area contributed by atoms with Crippen molar-refractivity contribution in [3.8, 4) is 17.2 Å². The van der Waals surface area contributed by atoms with E-state index in [1.165, 1.54) is 11.8 Å². The molecule has 0 unspecified atom stereocenters. The summed E-state index contributed by atoms with van der Waals surface area (Å²) in [5.41, 5.74) is 2.43. The van der Waals surface area contributed by atoms with Crippen LogP contribution in [0, 0.1) is 6.92 Å². The third-order valence-electron chi connectivity index (χ3n) is 4.79. The SMILES string of the molecule is CCOc1ccc(-c2nc(CSc3nc4ccccc4c(=O)n3CC)c(C)o2)cc1. The molecule has 0 bridgehead atoms. The standard InChI is InChI=1S/C23H23N3O3S/c1-4-26-22(27)18-8-6-7-9-19(18)25-23(26)30-14-20-15(3)29-21(24-20)16-10-12-17(13-11-16)28-5-2/h6-13H,4-5,14H2,1-3H3. The molecule has 0 N–H and O–H groups in total. The molecule has 0 spiro atoms. The first-order chi connectivity index (χ1) is 14.6. The molecule has 4 aromatic rings. The number of para-hydroxylation sites is 1. The summed E-state index contributed by atoms with van der Waals surface area (Å²) < 4.78 is 13.1. The molecule has 0 saturated carbocycles. The zero-order chi connectivity index (χ0) is 21.1. The van der Waals surface area contributed by atoms with Crippen LogP contribution in [0.2, 0.25) is 0 Å². The molecule has 4 rings (SSSR count). The van der Waals surface area contributed by atoms with Gasteiger partial charge in [0.2, 0.25) is 5.89 Å². The number of benzene rings is 2. The lowest BCUT2D eigenvalue weighted by Crippen LogP contribution is -2.22. The van der Waals surface area contributed by atoms with Crippen LogP contribution in [0.25, 0.3) is 22.4 Å². The van der Waals surface area contributed by atoms with E-state index in [0.717, 1.165) is 22.8 Å². The van der Waals surface area contributed by atoms with Gasteiger partial charge in [-0.05, 0) is 57.2 Å². The van der Waals surface area contributed by atoms with E-state index in [9.17, 15) is 4.79 Å². The van der Waals surface area contributed by atoms with Gasteiger partial charge in [0.1, 0.15) is 11.5 Å². The van der Waals surface area contributed by atoms with Crippen LogP contribution in [0.1, 0.15) is 25.3 Å². The summed E-state index contributed by atoms with van der Waals surface area (Å²) in [4.78, 5) is 22.2. The molecule has 30 heavy (non-hydrogen) atoms. The molecule has 2 aromatic carbocycles. The lowest BCUT2D eigenvalue weighted by atomic mass is 10.2. The Hall–Kier alpha value is -3.06. The van der Waals surface area contributed by atoms with Gasteiger partial charge in [-0.2, -0.15) is 0 Å². The van der Waals surface area contributed by atoms with Crippen molar-refractivity contribution >= 4 is 22.7 Å². The van der Waals surface area contributed by atoms with E-state index in [2.05, 4.69) is 4.98 Å². The fourth-order valence-corrected chi connectivity index (χ4v) is 4.28. The Labute approximate surface area is 178 Å². The van der Waals surface area contributed by atoms with E-state index < -0.39 is 0 Å². The van der Waals surface area contributed by atoms with Gasteiger partial charge >= 0.3 is 0 Å². The molecule has 0 amide bonds. The second kappa shape index (κ2) is 8.75. The molecule has 0 fully saturated rings. The van der Waals surface area contributed by atoms with E-state index >= 15 is 0 Å². The van der Waals surface area contributed by atoms with E-state index in [1.807, 2.05) is 69.3 Å². The number of aryl methyl sites for hydroxylation is 1. The van der Waals surface area contributed by atoms with Gasteiger partial charge in [0, 0.05) is 17.9 Å². The first kappa shape index (κ1) is 20.2. The zero-order valence-corrected chi connectivity index (χ0v) is 18.0.